The van der Waals surface area contributed by atoms with Crippen molar-refractivity contribution in [3.63, 3.8) is 0 Å². The number of hydrogen-bond acceptors (Lipinski definition) is 9. The quantitative estimate of drug-likeness (QED) is 0.472. The molecule has 24 heavy (non-hydrogen) atoms. The Morgan fingerprint density at radius 1 is 1.00 bits per heavy atom. The Balaban J connectivity index is 2.99. The summed E-state index contributed by atoms with van der Waals surface area (Å²) >= 11 is 3.64. The third-order valence-electron chi connectivity index (χ3n) is 3.58. The number of thioether (sulfide) groups is 2. The molecule has 0 saturated carbocycles. The van der Waals surface area contributed by atoms with Crippen molar-refractivity contribution in [3.8, 4) is 0 Å². The van der Waals surface area contributed by atoms with E-state index in [0.29, 0.717) is 0 Å². The molecule has 0 aromatic carbocycles. The van der Waals surface area contributed by atoms with Crippen LogP contribution in [0.5, 0.6) is 0 Å². The van der Waals surface area contributed by atoms with Crippen molar-refractivity contribution in [1.82, 2.24) is 0 Å². The third kappa shape index (κ3) is 6.99. The van der Waals surface area contributed by atoms with Crippen molar-refractivity contribution in [2.45, 2.75) is 35.4 Å². The zero-order valence-electron chi connectivity index (χ0n) is 14.8. The van der Waals surface area contributed by atoms with Gasteiger partial charge in [-0.25, -0.2) is 0 Å². The summed E-state index contributed by atoms with van der Waals surface area (Å²) in [6.45, 7) is 0.0623. The monoisotopic (exact) mass is 404 g/mol. The van der Waals surface area contributed by atoms with Crippen LogP contribution in [-0.4, -0.2) is 90.2 Å². The van der Waals surface area contributed by atoms with Crippen molar-refractivity contribution in [2.75, 3.05) is 52.8 Å². The lowest BCUT2D eigenvalue weighted by Crippen LogP contribution is -2.53. The molecule has 0 N–H and O–H groups in total. The normalized spacial score (nSPS) is 22.0. The molecule has 0 unspecified atom stereocenters. The number of hydrogen-bond donors (Lipinski definition) is 0. The summed E-state index contributed by atoms with van der Waals surface area (Å²) in [6, 6.07) is 0. The van der Waals surface area contributed by atoms with Crippen LogP contribution in [0, 0.1) is 0 Å². The Morgan fingerprint density at radius 3 is 2.00 bits per heavy atom. The fourth-order valence-corrected chi connectivity index (χ4v) is 6.37. The molecule has 144 valence electrons. The SMILES string of the molecule is COC[C@@H](OS(C)(=O)=O)[C@@H](OC)[C@H](OC)[C@@H](OC)C1SCCCS1. The van der Waals surface area contributed by atoms with Gasteiger partial charge in [0.05, 0.1) is 17.4 Å². The Labute approximate surface area is 153 Å². The Bertz CT molecular complexity index is 440. The Hall–Kier alpha value is 0.450. The van der Waals surface area contributed by atoms with E-state index in [9.17, 15) is 8.42 Å². The van der Waals surface area contributed by atoms with Crippen molar-refractivity contribution in [1.29, 1.82) is 0 Å². The molecule has 0 spiro atoms. The van der Waals surface area contributed by atoms with Gasteiger partial charge in [-0.2, -0.15) is 8.42 Å². The Kier molecular flexibility index (Phi) is 10.5. The molecule has 0 aliphatic carbocycles. The van der Waals surface area contributed by atoms with E-state index in [1.165, 1.54) is 14.2 Å². The zero-order valence-corrected chi connectivity index (χ0v) is 17.2. The van der Waals surface area contributed by atoms with Crippen LogP contribution in [0.4, 0.5) is 0 Å². The molecule has 1 aliphatic heterocycles. The lowest BCUT2D eigenvalue weighted by molar-refractivity contribution is -0.140. The summed E-state index contributed by atoms with van der Waals surface area (Å²) in [5.74, 6) is 2.12. The maximum absolute atomic E-state index is 11.6. The van der Waals surface area contributed by atoms with E-state index in [1.807, 2.05) is 23.5 Å². The summed E-state index contributed by atoms with van der Waals surface area (Å²) in [5, 5.41) is 0. The molecule has 0 aromatic rings. The maximum atomic E-state index is 11.6. The summed E-state index contributed by atoms with van der Waals surface area (Å²) in [7, 11) is 2.50. The molecule has 0 amide bonds. The summed E-state index contributed by atoms with van der Waals surface area (Å²) in [6.07, 6.45) is -0.0706. The van der Waals surface area contributed by atoms with Crippen molar-refractivity contribution < 1.29 is 31.5 Å². The lowest BCUT2D eigenvalue weighted by Gasteiger charge is -2.38. The maximum Gasteiger partial charge on any atom is 0.264 e. The predicted octanol–water partition coefficient (Wildman–Crippen LogP) is 1.22. The molecule has 0 aromatic heterocycles. The number of methoxy groups -OCH3 is 4. The van der Waals surface area contributed by atoms with E-state index < -0.39 is 28.4 Å². The van der Waals surface area contributed by atoms with Crippen LogP contribution in [0.25, 0.3) is 0 Å². The van der Waals surface area contributed by atoms with Crippen LogP contribution in [0.2, 0.25) is 0 Å². The third-order valence-corrected chi connectivity index (χ3v) is 7.24. The first-order chi connectivity index (χ1) is 11.4. The number of rotatable bonds is 11. The highest BCUT2D eigenvalue weighted by Crippen LogP contribution is 2.37. The van der Waals surface area contributed by atoms with Gasteiger partial charge in [0.2, 0.25) is 0 Å². The molecule has 0 radical (unpaired) electrons. The molecule has 1 heterocycles. The first-order valence-electron chi connectivity index (χ1n) is 7.56. The van der Waals surface area contributed by atoms with E-state index >= 15 is 0 Å². The lowest BCUT2D eigenvalue weighted by atomic mass is 10.0. The first kappa shape index (κ1) is 22.5. The van der Waals surface area contributed by atoms with Gasteiger partial charge in [-0.05, 0) is 17.9 Å². The molecular weight excluding hydrogens is 376 g/mol. The topological polar surface area (TPSA) is 80.3 Å². The fraction of sp³-hybridized carbons (Fsp3) is 1.00. The van der Waals surface area contributed by atoms with E-state index in [0.717, 1.165) is 24.2 Å². The smallest absolute Gasteiger partial charge is 0.264 e. The van der Waals surface area contributed by atoms with Gasteiger partial charge in [0, 0.05) is 28.4 Å². The van der Waals surface area contributed by atoms with Gasteiger partial charge in [0.15, 0.2) is 0 Å². The van der Waals surface area contributed by atoms with E-state index in [2.05, 4.69) is 0 Å². The van der Waals surface area contributed by atoms with Gasteiger partial charge in [0.25, 0.3) is 10.1 Å². The molecule has 1 saturated heterocycles. The highest BCUT2D eigenvalue weighted by atomic mass is 32.2. The Morgan fingerprint density at radius 2 is 1.58 bits per heavy atom. The van der Waals surface area contributed by atoms with Crippen LogP contribution in [0.15, 0.2) is 0 Å². The van der Waals surface area contributed by atoms with Crippen molar-refractivity contribution >= 4 is 33.6 Å². The van der Waals surface area contributed by atoms with Gasteiger partial charge in [-0.1, -0.05) is 0 Å². The molecule has 0 bridgehead atoms. The molecule has 1 fully saturated rings. The van der Waals surface area contributed by atoms with E-state index in [1.54, 1.807) is 14.2 Å². The average molecular weight is 405 g/mol. The minimum atomic E-state index is -3.67. The van der Waals surface area contributed by atoms with Gasteiger partial charge >= 0.3 is 0 Å². The van der Waals surface area contributed by atoms with Crippen LogP contribution in [0.1, 0.15) is 6.42 Å². The largest absolute Gasteiger partial charge is 0.382 e. The molecule has 1 rings (SSSR count). The van der Waals surface area contributed by atoms with Gasteiger partial charge in [-0.15, -0.1) is 23.5 Å². The highest BCUT2D eigenvalue weighted by Gasteiger charge is 2.42. The van der Waals surface area contributed by atoms with Crippen molar-refractivity contribution in [3.05, 3.63) is 0 Å². The molecule has 10 heteroatoms. The van der Waals surface area contributed by atoms with Crippen LogP contribution in [-0.2, 0) is 33.2 Å². The molecule has 4 atom stereocenters. The van der Waals surface area contributed by atoms with Crippen LogP contribution < -0.4 is 0 Å². The molecule has 7 nitrogen and oxygen atoms in total. The minimum Gasteiger partial charge on any atom is -0.382 e. The average Bonchev–Trinajstić information content (AvgIpc) is 2.54. The van der Waals surface area contributed by atoms with E-state index in [-0.39, 0.29) is 17.3 Å². The molecular formula is C14H28O7S3. The fourth-order valence-electron chi connectivity index (χ4n) is 2.61. The van der Waals surface area contributed by atoms with Crippen LogP contribution in [0.3, 0.4) is 0 Å². The second-order valence-electron chi connectivity index (χ2n) is 5.36. The number of ether oxygens (including phenoxy) is 4. The van der Waals surface area contributed by atoms with Gasteiger partial charge < -0.3 is 18.9 Å². The van der Waals surface area contributed by atoms with E-state index in [4.69, 9.17) is 23.1 Å². The zero-order chi connectivity index (χ0) is 18.2. The second-order valence-corrected chi connectivity index (χ2v) is 9.76. The minimum absolute atomic E-state index is 0.0623. The van der Waals surface area contributed by atoms with Gasteiger partial charge in [-0.3, -0.25) is 4.18 Å². The summed E-state index contributed by atoms with van der Waals surface area (Å²) in [5.41, 5.74) is 0. The highest BCUT2D eigenvalue weighted by molar-refractivity contribution is 8.17. The van der Waals surface area contributed by atoms with Crippen LogP contribution >= 0.6 is 23.5 Å². The second kappa shape index (κ2) is 11.2. The molecule has 1 aliphatic rings. The predicted molar refractivity (Wildman–Crippen MR) is 97.3 cm³/mol. The summed E-state index contributed by atoms with van der Waals surface area (Å²) < 4.78 is 50.5. The summed E-state index contributed by atoms with van der Waals surface area (Å²) in [4.78, 5) is 0. The standard InChI is InChI=1S/C14H28O7S3/c1-17-9-10(21-24(5,15)16)11(18-2)12(19-3)13(20-4)14-22-7-6-8-23-14/h10-14H,6-9H2,1-5H3/t10-,11-,12+,13-/m1/s1. The first-order valence-corrected chi connectivity index (χ1v) is 11.5. The van der Waals surface area contributed by atoms with Gasteiger partial charge in [0.1, 0.15) is 24.4 Å². The van der Waals surface area contributed by atoms with Crippen molar-refractivity contribution in [2.24, 2.45) is 0 Å².